The maximum Gasteiger partial charge on any atom is 0.243 e. The van der Waals surface area contributed by atoms with E-state index in [9.17, 15) is 8.42 Å². The molecule has 0 spiro atoms. The summed E-state index contributed by atoms with van der Waals surface area (Å²) in [6, 6.07) is 14.5. The quantitative estimate of drug-likeness (QED) is 0.272. The first-order chi connectivity index (χ1) is 16.3. The van der Waals surface area contributed by atoms with Crippen LogP contribution in [-0.4, -0.2) is 45.7 Å². The van der Waals surface area contributed by atoms with Gasteiger partial charge in [0.25, 0.3) is 0 Å². The standard InChI is InChI=1S/C23H26N6O3S2/c1-4-28(5-2)34(30,31)20-8-6-7-18(13-20)21-26-27-23(29(21)24)33-15-19-14-32-22(25-19)17-11-9-16(3)10-12-17/h6-14H,4-5,15,24H2,1-3H3. The zero-order chi connectivity index (χ0) is 24.3. The minimum absolute atomic E-state index is 0.192. The van der Waals surface area contributed by atoms with E-state index < -0.39 is 10.0 Å². The molecule has 2 heterocycles. The Kier molecular flexibility index (Phi) is 7.05. The van der Waals surface area contributed by atoms with Gasteiger partial charge in [-0.1, -0.05) is 55.4 Å². The molecule has 0 radical (unpaired) electrons. The second-order valence-electron chi connectivity index (χ2n) is 7.59. The first-order valence-electron chi connectivity index (χ1n) is 10.8. The highest BCUT2D eigenvalue weighted by atomic mass is 32.2. The van der Waals surface area contributed by atoms with Crippen molar-refractivity contribution >= 4 is 21.8 Å². The van der Waals surface area contributed by atoms with Crippen LogP contribution in [0.4, 0.5) is 0 Å². The summed E-state index contributed by atoms with van der Waals surface area (Å²) in [7, 11) is -3.60. The van der Waals surface area contributed by atoms with Crippen LogP contribution in [0.5, 0.6) is 0 Å². The summed E-state index contributed by atoms with van der Waals surface area (Å²) in [5.74, 6) is 7.66. The average Bonchev–Trinajstić information content (AvgIpc) is 3.45. The van der Waals surface area contributed by atoms with E-state index in [4.69, 9.17) is 10.3 Å². The van der Waals surface area contributed by atoms with Crippen LogP contribution < -0.4 is 5.84 Å². The van der Waals surface area contributed by atoms with E-state index in [0.29, 0.717) is 41.3 Å². The van der Waals surface area contributed by atoms with E-state index in [2.05, 4.69) is 15.2 Å². The molecule has 0 aliphatic rings. The summed E-state index contributed by atoms with van der Waals surface area (Å²) in [5, 5.41) is 8.83. The molecule has 0 saturated carbocycles. The summed E-state index contributed by atoms with van der Waals surface area (Å²) >= 11 is 1.36. The Morgan fingerprint density at radius 1 is 1.06 bits per heavy atom. The number of aromatic nitrogens is 4. The molecule has 0 amide bonds. The van der Waals surface area contributed by atoms with Crippen molar-refractivity contribution in [1.29, 1.82) is 0 Å². The Morgan fingerprint density at radius 3 is 2.50 bits per heavy atom. The molecule has 9 nitrogen and oxygen atoms in total. The number of benzene rings is 2. The Labute approximate surface area is 203 Å². The van der Waals surface area contributed by atoms with Crippen molar-refractivity contribution in [2.45, 2.75) is 36.6 Å². The smallest absolute Gasteiger partial charge is 0.243 e. The van der Waals surface area contributed by atoms with Crippen LogP contribution in [0.15, 0.2) is 69.3 Å². The summed E-state index contributed by atoms with van der Waals surface area (Å²) in [5.41, 5.74) is 3.39. The maximum absolute atomic E-state index is 12.9. The number of hydrogen-bond donors (Lipinski definition) is 1. The van der Waals surface area contributed by atoms with Crippen LogP contribution in [0.2, 0.25) is 0 Å². The minimum atomic E-state index is -3.60. The highest BCUT2D eigenvalue weighted by molar-refractivity contribution is 7.98. The molecular formula is C23H26N6O3S2. The molecule has 0 bridgehead atoms. The van der Waals surface area contributed by atoms with Gasteiger partial charge >= 0.3 is 0 Å². The Balaban J connectivity index is 1.50. The van der Waals surface area contributed by atoms with Crippen molar-refractivity contribution in [2.75, 3.05) is 18.9 Å². The van der Waals surface area contributed by atoms with E-state index in [0.717, 1.165) is 11.3 Å². The van der Waals surface area contributed by atoms with E-state index in [1.54, 1.807) is 30.5 Å². The lowest BCUT2D eigenvalue weighted by Gasteiger charge is -2.18. The van der Waals surface area contributed by atoms with Gasteiger partial charge in [0, 0.05) is 30.0 Å². The SMILES string of the molecule is CCN(CC)S(=O)(=O)c1cccc(-c2nnc(SCc3coc(-c4ccc(C)cc4)n3)n2N)c1. The summed E-state index contributed by atoms with van der Waals surface area (Å²) in [4.78, 5) is 4.73. The Bertz CT molecular complexity index is 1380. The number of nitrogens with two attached hydrogens (primary N) is 1. The number of sulfonamides is 1. The molecule has 0 atom stereocenters. The fourth-order valence-electron chi connectivity index (χ4n) is 3.42. The van der Waals surface area contributed by atoms with Crippen LogP contribution in [0.25, 0.3) is 22.8 Å². The Hall–Kier alpha value is -3.15. The van der Waals surface area contributed by atoms with Crippen molar-refractivity contribution in [2.24, 2.45) is 0 Å². The number of oxazole rings is 1. The number of aryl methyl sites for hydroxylation is 1. The van der Waals surface area contributed by atoms with Gasteiger partial charge in [-0.2, -0.15) is 4.31 Å². The molecule has 2 aromatic heterocycles. The van der Waals surface area contributed by atoms with Crippen LogP contribution in [0, 0.1) is 6.92 Å². The number of hydrogen-bond acceptors (Lipinski definition) is 8. The van der Waals surface area contributed by atoms with Gasteiger partial charge in [0.15, 0.2) is 5.82 Å². The molecule has 4 rings (SSSR count). The van der Waals surface area contributed by atoms with Crippen molar-refractivity contribution < 1.29 is 12.8 Å². The van der Waals surface area contributed by atoms with Gasteiger partial charge in [0.1, 0.15) is 6.26 Å². The second-order valence-corrected chi connectivity index (χ2v) is 10.5. The molecule has 0 aliphatic heterocycles. The molecule has 0 aliphatic carbocycles. The van der Waals surface area contributed by atoms with Crippen LogP contribution in [0.3, 0.4) is 0 Å². The Morgan fingerprint density at radius 2 is 1.79 bits per heavy atom. The molecule has 2 aromatic carbocycles. The lowest BCUT2D eigenvalue weighted by molar-refractivity contribution is 0.445. The van der Waals surface area contributed by atoms with Crippen LogP contribution >= 0.6 is 11.8 Å². The molecule has 2 N–H and O–H groups in total. The van der Waals surface area contributed by atoms with Gasteiger partial charge in [-0.3, -0.25) is 0 Å². The summed E-state index contributed by atoms with van der Waals surface area (Å²) in [6.45, 7) is 6.43. The third kappa shape index (κ3) is 4.86. The van der Waals surface area contributed by atoms with E-state index >= 15 is 0 Å². The van der Waals surface area contributed by atoms with Gasteiger partial charge in [0.05, 0.1) is 10.6 Å². The highest BCUT2D eigenvalue weighted by Gasteiger charge is 2.23. The number of nitrogens with zero attached hydrogens (tertiary/aromatic N) is 5. The largest absolute Gasteiger partial charge is 0.444 e. The summed E-state index contributed by atoms with van der Waals surface area (Å²) < 4.78 is 34.1. The average molecular weight is 499 g/mol. The third-order valence-corrected chi connectivity index (χ3v) is 8.32. The number of rotatable bonds is 9. The minimum Gasteiger partial charge on any atom is -0.444 e. The zero-order valence-electron chi connectivity index (χ0n) is 19.2. The predicted molar refractivity (Wildman–Crippen MR) is 132 cm³/mol. The first-order valence-corrected chi connectivity index (χ1v) is 13.2. The lowest BCUT2D eigenvalue weighted by atomic mass is 10.1. The fraction of sp³-hybridized carbons (Fsp3) is 0.261. The van der Waals surface area contributed by atoms with E-state index in [-0.39, 0.29) is 4.90 Å². The summed E-state index contributed by atoms with van der Waals surface area (Å²) in [6.07, 6.45) is 1.61. The van der Waals surface area contributed by atoms with Crippen LogP contribution in [-0.2, 0) is 15.8 Å². The number of nitrogen functional groups attached to an aromatic ring is 1. The molecule has 34 heavy (non-hydrogen) atoms. The molecule has 0 fully saturated rings. The zero-order valence-corrected chi connectivity index (χ0v) is 20.8. The van der Waals surface area contributed by atoms with Crippen molar-refractivity contribution in [3.63, 3.8) is 0 Å². The third-order valence-electron chi connectivity index (χ3n) is 5.30. The molecular weight excluding hydrogens is 472 g/mol. The number of thioether (sulfide) groups is 1. The van der Waals surface area contributed by atoms with E-state index in [1.165, 1.54) is 26.3 Å². The monoisotopic (exact) mass is 498 g/mol. The molecule has 178 valence electrons. The first kappa shape index (κ1) is 24.0. The molecule has 4 aromatic rings. The van der Waals surface area contributed by atoms with Crippen molar-refractivity contribution in [3.8, 4) is 22.8 Å². The van der Waals surface area contributed by atoms with Gasteiger partial charge in [-0.05, 0) is 31.2 Å². The second kappa shape index (κ2) is 10.00. The van der Waals surface area contributed by atoms with Gasteiger partial charge in [-0.25, -0.2) is 18.1 Å². The predicted octanol–water partition coefficient (Wildman–Crippen LogP) is 3.95. The van der Waals surface area contributed by atoms with Crippen LogP contribution in [0.1, 0.15) is 25.1 Å². The van der Waals surface area contributed by atoms with Crippen molar-refractivity contribution in [3.05, 3.63) is 66.1 Å². The van der Waals surface area contributed by atoms with E-state index in [1.807, 2.05) is 45.0 Å². The van der Waals surface area contributed by atoms with Gasteiger partial charge < -0.3 is 10.3 Å². The highest BCUT2D eigenvalue weighted by Crippen LogP contribution is 2.27. The van der Waals surface area contributed by atoms with Crippen molar-refractivity contribution in [1.82, 2.24) is 24.2 Å². The lowest BCUT2D eigenvalue weighted by Crippen LogP contribution is -2.30. The topological polar surface area (TPSA) is 120 Å². The normalized spacial score (nSPS) is 11.9. The molecule has 0 unspecified atom stereocenters. The van der Waals surface area contributed by atoms with Gasteiger partial charge in [0.2, 0.25) is 21.1 Å². The molecule has 11 heteroatoms. The van der Waals surface area contributed by atoms with Gasteiger partial charge in [-0.15, -0.1) is 10.2 Å². The maximum atomic E-state index is 12.9. The molecule has 0 saturated heterocycles. The fourth-order valence-corrected chi connectivity index (χ4v) is 5.66.